The first-order valence-corrected chi connectivity index (χ1v) is 9.94. The minimum Gasteiger partial charge on any atom is -0.496 e. The normalized spacial score (nSPS) is 12.0. The molecule has 0 heterocycles. The molecular formula is C16H28N4O3S. The van der Waals surface area contributed by atoms with E-state index in [9.17, 15) is 8.42 Å². The lowest BCUT2D eigenvalue weighted by Gasteiger charge is -2.12. The molecule has 1 aromatic rings. The molecule has 0 fully saturated rings. The van der Waals surface area contributed by atoms with Gasteiger partial charge in [-0.3, -0.25) is 4.99 Å². The summed E-state index contributed by atoms with van der Waals surface area (Å²) < 4.78 is 29.7. The van der Waals surface area contributed by atoms with Gasteiger partial charge in [-0.05, 0) is 31.4 Å². The van der Waals surface area contributed by atoms with Gasteiger partial charge >= 0.3 is 0 Å². The summed E-state index contributed by atoms with van der Waals surface area (Å²) in [6, 6.07) is 7.93. The molecule has 1 aromatic carbocycles. The van der Waals surface area contributed by atoms with E-state index in [1.54, 1.807) is 7.11 Å². The second-order valence-electron chi connectivity index (χ2n) is 5.27. The first-order valence-electron chi connectivity index (χ1n) is 8.05. The summed E-state index contributed by atoms with van der Waals surface area (Å²) in [5, 5.41) is 6.45. The van der Waals surface area contributed by atoms with Crippen molar-refractivity contribution in [3.05, 3.63) is 29.8 Å². The molecule has 0 aliphatic heterocycles. The van der Waals surface area contributed by atoms with Crippen LogP contribution in [-0.2, 0) is 16.4 Å². The Labute approximate surface area is 145 Å². The van der Waals surface area contributed by atoms with Crippen LogP contribution in [-0.4, -0.2) is 53.9 Å². The third kappa shape index (κ3) is 8.73. The number of rotatable bonds is 10. The number of nitrogens with one attached hydrogen (secondary N) is 3. The predicted octanol–water partition coefficient (Wildman–Crippen LogP) is 0.732. The van der Waals surface area contributed by atoms with E-state index in [1.807, 2.05) is 31.2 Å². The molecule has 0 aliphatic rings. The van der Waals surface area contributed by atoms with Crippen LogP contribution in [0, 0.1) is 0 Å². The highest BCUT2D eigenvalue weighted by Gasteiger charge is 2.03. The third-order valence-electron chi connectivity index (χ3n) is 3.19. The topological polar surface area (TPSA) is 91.8 Å². The van der Waals surface area contributed by atoms with Crippen molar-refractivity contribution in [2.45, 2.75) is 19.8 Å². The van der Waals surface area contributed by atoms with Crippen molar-refractivity contribution < 1.29 is 13.2 Å². The van der Waals surface area contributed by atoms with E-state index in [0.717, 1.165) is 43.0 Å². The molecule has 0 radical (unpaired) electrons. The zero-order valence-corrected chi connectivity index (χ0v) is 15.4. The average Bonchev–Trinajstić information content (AvgIpc) is 2.54. The van der Waals surface area contributed by atoms with Crippen molar-refractivity contribution in [1.29, 1.82) is 0 Å². The van der Waals surface area contributed by atoms with Gasteiger partial charge in [-0.1, -0.05) is 18.2 Å². The van der Waals surface area contributed by atoms with Crippen molar-refractivity contribution in [2.75, 3.05) is 39.5 Å². The lowest BCUT2D eigenvalue weighted by molar-refractivity contribution is 0.409. The quantitative estimate of drug-likeness (QED) is 0.327. The molecule has 3 N–H and O–H groups in total. The highest BCUT2D eigenvalue weighted by Crippen LogP contribution is 2.17. The van der Waals surface area contributed by atoms with Crippen LogP contribution in [0.15, 0.2) is 29.3 Å². The zero-order valence-electron chi connectivity index (χ0n) is 14.6. The van der Waals surface area contributed by atoms with E-state index in [-0.39, 0.29) is 0 Å². The van der Waals surface area contributed by atoms with Crippen LogP contribution in [0.2, 0.25) is 0 Å². The molecule has 0 atom stereocenters. The molecule has 0 bridgehead atoms. The fourth-order valence-electron chi connectivity index (χ4n) is 2.09. The Kier molecular flexibility index (Phi) is 9.18. The molecule has 0 aliphatic carbocycles. The van der Waals surface area contributed by atoms with E-state index in [0.29, 0.717) is 19.5 Å². The molecule has 0 unspecified atom stereocenters. The van der Waals surface area contributed by atoms with E-state index in [2.05, 4.69) is 20.3 Å². The molecule has 0 saturated carbocycles. The Bertz CT molecular complexity index is 618. The Morgan fingerprint density at radius 3 is 2.62 bits per heavy atom. The highest BCUT2D eigenvalue weighted by atomic mass is 32.2. The van der Waals surface area contributed by atoms with E-state index in [1.165, 1.54) is 0 Å². The maximum Gasteiger partial charge on any atom is 0.208 e. The molecular weight excluding hydrogens is 328 g/mol. The number of hydrogen-bond acceptors (Lipinski definition) is 4. The summed E-state index contributed by atoms with van der Waals surface area (Å²) in [5.41, 5.74) is 1.14. The summed E-state index contributed by atoms with van der Waals surface area (Å²) in [7, 11) is -1.46. The second-order valence-corrected chi connectivity index (χ2v) is 7.10. The van der Waals surface area contributed by atoms with Gasteiger partial charge in [0, 0.05) is 26.2 Å². The number of methoxy groups -OCH3 is 1. The first-order chi connectivity index (χ1) is 11.5. The number of nitrogens with zero attached hydrogens (tertiary/aromatic N) is 1. The van der Waals surface area contributed by atoms with Gasteiger partial charge in [-0.25, -0.2) is 13.1 Å². The number of aliphatic imine (C=N–C) groups is 1. The summed E-state index contributed by atoms with van der Waals surface area (Å²) in [6.07, 6.45) is 2.62. The molecule has 0 aromatic heterocycles. The minimum atomic E-state index is -3.13. The average molecular weight is 356 g/mol. The number of sulfonamides is 1. The van der Waals surface area contributed by atoms with E-state index in [4.69, 9.17) is 4.74 Å². The third-order valence-corrected chi connectivity index (χ3v) is 3.92. The Morgan fingerprint density at radius 1 is 1.21 bits per heavy atom. The monoisotopic (exact) mass is 356 g/mol. The SMILES string of the molecule is CCNC(=NCCCNS(C)(=O)=O)NCCc1ccccc1OC. The fourth-order valence-corrected chi connectivity index (χ4v) is 2.61. The second kappa shape index (κ2) is 10.9. The van der Waals surface area contributed by atoms with E-state index < -0.39 is 10.0 Å². The van der Waals surface area contributed by atoms with Crippen LogP contribution >= 0.6 is 0 Å². The lowest BCUT2D eigenvalue weighted by Crippen LogP contribution is -2.38. The van der Waals surface area contributed by atoms with Crippen molar-refractivity contribution in [3.63, 3.8) is 0 Å². The summed E-state index contributed by atoms with van der Waals surface area (Å²) >= 11 is 0. The van der Waals surface area contributed by atoms with Gasteiger partial charge in [0.1, 0.15) is 5.75 Å². The standard InChI is InChI=1S/C16H28N4O3S/c1-4-17-16(18-11-7-12-20-24(3,21)22)19-13-10-14-8-5-6-9-15(14)23-2/h5-6,8-9,20H,4,7,10-13H2,1-3H3,(H2,17,18,19). The smallest absolute Gasteiger partial charge is 0.208 e. The first kappa shape index (κ1) is 20.2. The fraction of sp³-hybridized carbons (Fsp3) is 0.562. The molecule has 0 amide bonds. The minimum absolute atomic E-state index is 0.392. The van der Waals surface area contributed by atoms with Gasteiger partial charge in [0.2, 0.25) is 10.0 Å². The van der Waals surface area contributed by atoms with Crippen molar-refractivity contribution in [1.82, 2.24) is 15.4 Å². The number of benzene rings is 1. The Balaban J connectivity index is 2.40. The van der Waals surface area contributed by atoms with Crippen molar-refractivity contribution in [3.8, 4) is 5.75 Å². The van der Waals surface area contributed by atoms with Crippen molar-refractivity contribution >= 4 is 16.0 Å². The van der Waals surface area contributed by atoms with Crippen LogP contribution in [0.3, 0.4) is 0 Å². The summed E-state index contributed by atoms with van der Waals surface area (Å²) in [5.74, 6) is 1.61. The van der Waals surface area contributed by atoms with Crippen LogP contribution < -0.4 is 20.1 Å². The van der Waals surface area contributed by atoms with Gasteiger partial charge < -0.3 is 15.4 Å². The van der Waals surface area contributed by atoms with Crippen LogP contribution in [0.1, 0.15) is 18.9 Å². The number of hydrogen-bond donors (Lipinski definition) is 3. The number of guanidine groups is 1. The molecule has 7 nitrogen and oxygen atoms in total. The van der Waals surface area contributed by atoms with Crippen molar-refractivity contribution in [2.24, 2.45) is 4.99 Å². The van der Waals surface area contributed by atoms with Gasteiger partial charge in [-0.2, -0.15) is 0 Å². The molecule has 0 saturated heterocycles. The summed E-state index contributed by atoms with van der Waals surface area (Å²) in [6.45, 7) is 4.44. The van der Waals surface area contributed by atoms with E-state index >= 15 is 0 Å². The highest BCUT2D eigenvalue weighted by molar-refractivity contribution is 7.88. The molecule has 24 heavy (non-hydrogen) atoms. The molecule has 8 heteroatoms. The van der Waals surface area contributed by atoms with Gasteiger partial charge in [0.05, 0.1) is 13.4 Å². The zero-order chi connectivity index (χ0) is 17.8. The Morgan fingerprint density at radius 2 is 1.96 bits per heavy atom. The van der Waals surface area contributed by atoms with Gasteiger partial charge in [-0.15, -0.1) is 0 Å². The van der Waals surface area contributed by atoms with Crippen LogP contribution in [0.4, 0.5) is 0 Å². The van der Waals surface area contributed by atoms with Gasteiger partial charge in [0.25, 0.3) is 0 Å². The van der Waals surface area contributed by atoms with Gasteiger partial charge in [0.15, 0.2) is 5.96 Å². The maximum atomic E-state index is 11.0. The number of ether oxygens (including phenoxy) is 1. The van der Waals surface area contributed by atoms with Crippen LogP contribution in [0.25, 0.3) is 0 Å². The molecule has 1 rings (SSSR count). The predicted molar refractivity (Wildman–Crippen MR) is 98.1 cm³/mol. The molecule has 136 valence electrons. The summed E-state index contributed by atoms with van der Waals surface area (Å²) in [4.78, 5) is 4.44. The number of para-hydroxylation sites is 1. The largest absolute Gasteiger partial charge is 0.496 e. The van der Waals surface area contributed by atoms with Crippen LogP contribution in [0.5, 0.6) is 5.75 Å². The Hall–Kier alpha value is -1.80. The lowest BCUT2D eigenvalue weighted by atomic mass is 10.1. The maximum absolute atomic E-state index is 11.0. The molecule has 0 spiro atoms.